The van der Waals surface area contributed by atoms with E-state index in [0.717, 1.165) is 16.4 Å². The number of hydrogen-bond acceptors (Lipinski definition) is 6. The van der Waals surface area contributed by atoms with Crippen molar-refractivity contribution in [3.63, 3.8) is 0 Å². The maximum Gasteiger partial charge on any atom is 0.294 e. The summed E-state index contributed by atoms with van der Waals surface area (Å²) in [6, 6.07) is 6.06. The molecule has 1 amide bonds. The van der Waals surface area contributed by atoms with Crippen LogP contribution in [0.15, 0.2) is 34.2 Å². The number of nitrogen functional groups attached to an aromatic ring is 1. The number of halogens is 1. The predicted molar refractivity (Wildman–Crippen MR) is 89.4 cm³/mol. The maximum absolute atomic E-state index is 13.2. The summed E-state index contributed by atoms with van der Waals surface area (Å²) < 4.78 is 14.1. The van der Waals surface area contributed by atoms with E-state index in [0.29, 0.717) is 5.56 Å². The summed E-state index contributed by atoms with van der Waals surface area (Å²) in [5.41, 5.74) is 0.415. The zero-order valence-electron chi connectivity index (χ0n) is 13.6. The Balaban J connectivity index is 2.06. The first-order valence-corrected chi connectivity index (χ1v) is 8.05. The molecule has 0 aliphatic heterocycles. The van der Waals surface area contributed by atoms with Gasteiger partial charge in [-0.2, -0.15) is 4.68 Å². The number of aryl methyl sites for hydroxylation is 1. The SMILES string of the molecule is Cc1nnc(SC(C)C(=O)N(C)Cc2cccc(F)c2)n(N)c1=O. The van der Waals surface area contributed by atoms with Crippen molar-refractivity contribution >= 4 is 17.7 Å². The standard InChI is InChI=1S/C15H18FN5O2S/c1-9-13(22)21(17)15(19-18-9)24-10(2)14(23)20(3)8-11-5-4-6-12(16)7-11/h4-7,10H,8,17H2,1-3H3. The van der Waals surface area contributed by atoms with Crippen molar-refractivity contribution in [3.8, 4) is 0 Å². The number of aromatic nitrogens is 3. The van der Waals surface area contributed by atoms with E-state index < -0.39 is 10.8 Å². The van der Waals surface area contributed by atoms with Crippen molar-refractivity contribution in [3.05, 3.63) is 51.7 Å². The molecule has 0 radical (unpaired) electrons. The molecular weight excluding hydrogens is 333 g/mol. The summed E-state index contributed by atoms with van der Waals surface area (Å²) in [5.74, 6) is 5.12. The second-order valence-corrected chi connectivity index (χ2v) is 6.64. The summed E-state index contributed by atoms with van der Waals surface area (Å²) in [6.07, 6.45) is 0. The molecule has 2 N–H and O–H groups in total. The van der Waals surface area contributed by atoms with Gasteiger partial charge in [-0.1, -0.05) is 23.9 Å². The van der Waals surface area contributed by atoms with Crippen molar-refractivity contribution in [1.29, 1.82) is 0 Å². The third-order valence-electron chi connectivity index (χ3n) is 3.33. The smallest absolute Gasteiger partial charge is 0.294 e. The molecule has 0 bridgehead atoms. The van der Waals surface area contributed by atoms with Gasteiger partial charge in [0, 0.05) is 13.6 Å². The summed E-state index contributed by atoms with van der Waals surface area (Å²) >= 11 is 1.04. The van der Waals surface area contributed by atoms with Crippen molar-refractivity contribution in [2.75, 3.05) is 12.9 Å². The van der Waals surface area contributed by atoms with Gasteiger partial charge in [0.1, 0.15) is 11.5 Å². The Hall–Kier alpha value is -2.42. The van der Waals surface area contributed by atoms with Crippen LogP contribution in [0.3, 0.4) is 0 Å². The zero-order valence-corrected chi connectivity index (χ0v) is 14.4. The molecule has 0 spiro atoms. The van der Waals surface area contributed by atoms with Gasteiger partial charge in [0.25, 0.3) is 5.56 Å². The highest BCUT2D eigenvalue weighted by Crippen LogP contribution is 2.20. The van der Waals surface area contributed by atoms with Crippen LogP contribution in [0.1, 0.15) is 18.2 Å². The molecule has 0 saturated carbocycles. The molecule has 7 nitrogen and oxygen atoms in total. The second-order valence-electron chi connectivity index (χ2n) is 5.33. The first-order chi connectivity index (χ1) is 11.3. The summed E-state index contributed by atoms with van der Waals surface area (Å²) in [5, 5.41) is 7.20. The van der Waals surface area contributed by atoms with E-state index in [1.165, 1.54) is 24.0 Å². The summed E-state index contributed by atoms with van der Waals surface area (Å²) in [7, 11) is 1.63. The van der Waals surface area contributed by atoms with Crippen molar-refractivity contribution in [1.82, 2.24) is 19.8 Å². The first kappa shape index (κ1) is 17.9. The highest BCUT2D eigenvalue weighted by atomic mass is 32.2. The van der Waals surface area contributed by atoms with Crippen LogP contribution in [0, 0.1) is 12.7 Å². The van der Waals surface area contributed by atoms with Crippen LogP contribution in [0.2, 0.25) is 0 Å². The molecule has 1 unspecified atom stereocenters. The first-order valence-electron chi connectivity index (χ1n) is 7.17. The molecule has 1 atom stereocenters. The number of thioether (sulfide) groups is 1. The van der Waals surface area contributed by atoms with Gasteiger partial charge in [-0.3, -0.25) is 9.59 Å². The van der Waals surface area contributed by atoms with Crippen LogP contribution in [-0.2, 0) is 11.3 Å². The summed E-state index contributed by atoms with van der Waals surface area (Å²) in [6.45, 7) is 3.46. The number of amides is 1. The Bertz CT molecular complexity index is 811. The molecule has 0 aliphatic rings. The quantitative estimate of drug-likeness (QED) is 0.636. The average Bonchev–Trinajstić information content (AvgIpc) is 2.54. The van der Waals surface area contributed by atoms with E-state index in [-0.39, 0.29) is 29.1 Å². The van der Waals surface area contributed by atoms with E-state index >= 15 is 0 Å². The number of carbonyl (C=O) groups excluding carboxylic acids is 1. The number of nitrogens with two attached hydrogens (primary N) is 1. The zero-order chi connectivity index (χ0) is 17.9. The molecule has 2 aromatic rings. The maximum atomic E-state index is 13.2. The lowest BCUT2D eigenvalue weighted by molar-refractivity contribution is -0.129. The molecule has 0 aliphatic carbocycles. The lowest BCUT2D eigenvalue weighted by atomic mass is 10.2. The molecule has 1 heterocycles. The van der Waals surface area contributed by atoms with Gasteiger partial charge in [-0.05, 0) is 31.5 Å². The van der Waals surface area contributed by atoms with Gasteiger partial charge in [0.15, 0.2) is 0 Å². The molecule has 0 fully saturated rings. The van der Waals surface area contributed by atoms with Gasteiger partial charge in [-0.25, -0.2) is 4.39 Å². The van der Waals surface area contributed by atoms with Gasteiger partial charge >= 0.3 is 0 Å². The Morgan fingerprint density at radius 1 is 1.46 bits per heavy atom. The Morgan fingerprint density at radius 3 is 2.83 bits per heavy atom. The number of nitrogens with zero attached hydrogens (tertiary/aromatic N) is 4. The van der Waals surface area contributed by atoms with Crippen LogP contribution < -0.4 is 11.4 Å². The molecule has 24 heavy (non-hydrogen) atoms. The monoisotopic (exact) mass is 351 g/mol. The Labute approximate surface area is 142 Å². The van der Waals surface area contributed by atoms with Crippen molar-refractivity contribution < 1.29 is 9.18 Å². The molecule has 1 aromatic carbocycles. The fraction of sp³-hybridized carbons (Fsp3) is 0.333. The van der Waals surface area contributed by atoms with Gasteiger partial charge in [0.05, 0.1) is 5.25 Å². The molecular formula is C15H18FN5O2S. The largest absolute Gasteiger partial charge is 0.340 e. The van der Waals surface area contributed by atoms with Crippen LogP contribution in [-0.4, -0.2) is 38.0 Å². The van der Waals surface area contributed by atoms with Crippen molar-refractivity contribution in [2.45, 2.75) is 30.8 Å². The molecule has 2 rings (SSSR count). The Morgan fingerprint density at radius 2 is 2.17 bits per heavy atom. The minimum absolute atomic E-state index is 0.158. The predicted octanol–water partition coefficient (Wildman–Crippen LogP) is 0.939. The van der Waals surface area contributed by atoms with E-state index in [9.17, 15) is 14.0 Å². The highest BCUT2D eigenvalue weighted by Gasteiger charge is 2.21. The topological polar surface area (TPSA) is 94.1 Å². The number of benzene rings is 1. The van der Waals surface area contributed by atoms with Crippen molar-refractivity contribution in [2.24, 2.45) is 0 Å². The van der Waals surface area contributed by atoms with Gasteiger partial charge in [-0.15, -0.1) is 10.2 Å². The normalized spacial score (nSPS) is 12.0. The van der Waals surface area contributed by atoms with Gasteiger partial charge in [0.2, 0.25) is 11.1 Å². The molecule has 1 aromatic heterocycles. The third-order valence-corrected chi connectivity index (χ3v) is 4.38. The fourth-order valence-corrected chi connectivity index (χ4v) is 2.94. The number of rotatable bonds is 5. The average molecular weight is 351 g/mol. The van der Waals surface area contributed by atoms with E-state index in [4.69, 9.17) is 5.84 Å². The van der Waals surface area contributed by atoms with E-state index in [2.05, 4.69) is 10.2 Å². The van der Waals surface area contributed by atoms with Crippen LogP contribution in [0.25, 0.3) is 0 Å². The van der Waals surface area contributed by atoms with E-state index in [1.807, 2.05) is 0 Å². The fourth-order valence-electron chi connectivity index (χ4n) is 2.06. The minimum Gasteiger partial charge on any atom is -0.340 e. The molecule has 128 valence electrons. The minimum atomic E-state index is -0.533. The van der Waals surface area contributed by atoms with Crippen LogP contribution >= 0.6 is 11.8 Å². The summed E-state index contributed by atoms with van der Waals surface area (Å²) in [4.78, 5) is 25.7. The van der Waals surface area contributed by atoms with Crippen LogP contribution in [0.4, 0.5) is 4.39 Å². The Kier molecular flexibility index (Phi) is 5.55. The second kappa shape index (κ2) is 7.43. The van der Waals surface area contributed by atoms with E-state index in [1.54, 1.807) is 26.1 Å². The van der Waals surface area contributed by atoms with Crippen LogP contribution in [0.5, 0.6) is 0 Å². The third kappa shape index (κ3) is 4.10. The lowest BCUT2D eigenvalue weighted by Gasteiger charge is -2.21. The lowest BCUT2D eigenvalue weighted by Crippen LogP contribution is -2.35. The molecule has 0 saturated heterocycles. The van der Waals surface area contributed by atoms with Gasteiger partial charge < -0.3 is 10.7 Å². The number of carbonyl (C=O) groups is 1. The number of hydrogen-bond donors (Lipinski definition) is 1. The molecule has 9 heteroatoms. The highest BCUT2D eigenvalue weighted by molar-refractivity contribution is 8.00.